The summed E-state index contributed by atoms with van der Waals surface area (Å²) < 4.78 is 10.4. The van der Waals surface area contributed by atoms with Gasteiger partial charge in [0.15, 0.2) is 0 Å². The van der Waals surface area contributed by atoms with Gasteiger partial charge in [-0.2, -0.15) is 0 Å². The van der Waals surface area contributed by atoms with Crippen molar-refractivity contribution in [1.29, 1.82) is 0 Å². The Bertz CT molecular complexity index is 1930. The summed E-state index contributed by atoms with van der Waals surface area (Å²) in [5.41, 5.74) is 2.44. The van der Waals surface area contributed by atoms with E-state index in [1.54, 1.807) is 121 Å². The van der Waals surface area contributed by atoms with Gasteiger partial charge in [-0.1, -0.05) is 30.3 Å². The van der Waals surface area contributed by atoms with Crippen molar-refractivity contribution < 1.29 is 28.7 Å². The van der Waals surface area contributed by atoms with Crippen LogP contribution < -0.4 is 21.3 Å². The van der Waals surface area contributed by atoms with E-state index in [4.69, 9.17) is 9.47 Å². The first-order valence-electron chi connectivity index (χ1n) is 15.9. The van der Waals surface area contributed by atoms with E-state index in [0.29, 0.717) is 33.9 Å². The number of pyridine rings is 1. The predicted molar refractivity (Wildman–Crippen MR) is 197 cm³/mol. The number of hydrogen-bond donors (Lipinski definition) is 4. The molecule has 0 aliphatic rings. The molecule has 0 spiro atoms. The van der Waals surface area contributed by atoms with E-state index in [1.807, 2.05) is 36.4 Å². The fourth-order valence-electron chi connectivity index (χ4n) is 4.36. The number of nitrogens with zero attached hydrogens (tertiary/aromatic N) is 1. The number of ether oxygens (including phenoxy) is 2. The minimum atomic E-state index is -0.558. The zero-order chi connectivity index (χ0) is 36.3. The molecule has 1 aromatic heterocycles. The standard InChI is InChI=1S/C22H22N2O3.C17H19N3O3/c1-22(2,3)27-21(26)24-19-12-10-18(11-13-19)23-20(25)17-9-8-15-6-4-5-7-16(15)14-17;1-17(2,3)23-16(22)20-14-6-4-13(5-7-14)19-15(21)12-8-10-18-11-9-12/h4-14H,1-3H3,(H,23,25)(H,24,26);4-11H,1-3H3,(H,19,21)(H,20,22). The van der Waals surface area contributed by atoms with Gasteiger partial charge >= 0.3 is 12.2 Å². The molecule has 5 aromatic rings. The number of anilines is 4. The van der Waals surface area contributed by atoms with E-state index in [1.165, 1.54) is 0 Å². The van der Waals surface area contributed by atoms with Crippen LogP contribution in [0.25, 0.3) is 10.8 Å². The number of hydrogen-bond acceptors (Lipinski definition) is 7. The maximum absolute atomic E-state index is 12.5. The molecule has 0 unspecified atom stereocenters. The zero-order valence-electron chi connectivity index (χ0n) is 28.9. The lowest BCUT2D eigenvalue weighted by molar-refractivity contribution is 0.0624. The maximum Gasteiger partial charge on any atom is 0.412 e. The Morgan fingerprint density at radius 2 is 0.880 bits per heavy atom. The van der Waals surface area contributed by atoms with Gasteiger partial charge in [0.1, 0.15) is 11.2 Å². The number of rotatable bonds is 6. The van der Waals surface area contributed by atoms with E-state index in [2.05, 4.69) is 26.3 Å². The summed E-state index contributed by atoms with van der Waals surface area (Å²) in [5, 5.41) is 13.0. The first-order chi connectivity index (χ1) is 23.6. The summed E-state index contributed by atoms with van der Waals surface area (Å²) in [6, 6.07) is 30.4. The van der Waals surface area contributed by atoms with E-state index in [0.717, 1.165) is 10.8 Å². The van der Waals surface area contributed by atoms with Crippen LogP contribution in [0.2, 0.25) is 0 Å². The molecule has 0 atom stereocenters. The Morgan fingerprint density at radius 1 is 0.480 bits per heavy atom. The Labute approximate surface area is 291 Å². The summed E-state index contributed by atoms with van der Waals surface area (Å²) in [5.74, 6) is -0.408. The molecule has 0 bridgehead atoms. The summed E-state index contributed by atoms with van der Waals surface area (Å²) in [6.45, 7) is 10.8. The second kappa shape index (κ2) is 16.2. The Morgan fingerprint density at radius 3 is 1.32 bits per heavy atom. The molecular weight excluding hydrogens is 634 g/mol. The van der Waals surface area contributed by atoms with Crippen LogP contribution in [0.15, 0.2) is 116 Å². The summed E-state index contributed by atoms with van der Waals surface area (Å²) in [6.07, 6.45) is 2.08. The SMILES string of the molecule is CC(C)(C)OC(=O)Nc1ccc(NC(=O)c2ccc3ccccc3c2)cc1.CC(C)(C)OC(=O)Nc1ccc(NC(=O)c2ccncc2)cc1. The Kier molecular flexibility index (Phi) is 11.9. The topological polar surface area (TPSA) is 148 Å². The molecule has 5 rings (SSSR count). The molecule has 4 amide bonds. The van der Waals surface area contributed by atoms with Crippen LogP contribution in [-0.4, -0.2) is 40.2 Å². The highest BCUT2D eigenvalue weighted by Gasteiger charge is 2.17. The van der Waals surface area contributed by atoms with Gasteiger partial charge in [0.25, 0.3) is 11.8 Å². The lowest BCUT2D eigenvalue weighted by Crippen LogP contribution is -2.27. The van der Waals surface area contributed by atoms with Crippen molar-refractivity contribution in [3.63, 3.8) is 0 Å². The predicted octanol–water partition coefficient (Wildman–Crippen LogP) is 9.12. The largest absolute Gasteiger partial charge is 0.444 e. The molecule has 11 heteroatoms. The molecule has 0 aliphatic heterocycles. The van der Waals surface area contributed by atoms with Gasteiger partial charge in [-0.25, -0.2) is 9.59 Å². The first-order valence-corrected chi connectivity index (χ1v) is 15.9. The highest BCUT2D eigenvalue weighted by atomic mass is 16.6. The highest BCUT2D eigenvalue weighted by Crippen LogP contribution is 2.20. The third-order valence-corrected chi connectivity index (χ3v) is 6.53. The first kappa shape index (κ1) is 36.6. The van der Waals surface area contributed by atoms with Crippen LogP contribution in [0.5, 0.6) is 0 Å². The normalized spacial score (nSPS) is 10.9. The number of aromatic nitrogens is 1. The van der Waals surface area contributed by atoms with Gasteiger partial charge < -0.3 is 20.1 Å². The minimum Gasteiger partial charge on any atom is -0.444 e. The fourth-order valence-corrected chi connectivity index (χ4v) is 4.36. The second-order valence-electron chi connectivity index (χ2n) is 13.1. The second-order valence-corrected chi connectivity index (χ2v) is 13.1. The van der Waals surface area contributed by atoms with Gasteiger partial charge in [0, 0.05) is 46.3 Å². The molecular formula is C39H41N5O6. The third-order valence-electron chi connectivity index (χ3n) is 6.53. The molecule has 1 heterocycles. The monoisotopic (exact) mass is 675 g/mol. The smallest absolute Gasteiger partial charge is 0.412 e. The minimum absolute atomic E-state index is 0.186. The van der Waals surface area contributed by atoms with Gasteiger partial charge in [-0.3, -0.25) is 25.2 Å². The summed E-state index contributed by atoms with van der Waals surface area (Å²) in [4.78, 5) is 51.8. The molecule has 4 aromatic carbocycles. The fraction of sp³-hybridized carbons (Fsp3) is 0.205. The Hall–Kier alpha value is -6.23. The van der Waals surface area contributed by atoms with Gasteiger partial charge in [0.05, 0.1) is 0 Å². The quantitative estimate of drug-likeness (QED) is 0.140. The highest BCUT2D eigenvalue weighted by molar-refractivity contribution is 6.06. The van der Waals surface area contributed by atoms with Crippen LogP contribution >= 0.6 is 0 Å². The number of nitrogens with one attached hydrogen (secondary N) is 4. The van der Waals surface area contributed by atoms with Crippen LogP contribution in [0.3, 0.4) is 0 Å². The summed E-state index contributed by atoms with van der Waals surface area (Å²) in [7, 11) is 0. The lowest BCUT2D eigenvalue weighted by Gasteiger charge is -2.19. The van der Waals surface area contributed by atoms with E-state index in [-0.39, 0.29) is 11.8 Å². The summed E-state index contributed by atoms with van der Waals surface area (Å²) >= 11 is 0. The molecule has 0 aliphatic carbocycles. The van der Waals surface area contributed by atoms with Gasteiger partial charge in [0.2, 0.25) is 0 Å². The molecule has 0 radical (unpaired) electrons. The third kappa shape index (κ3) is 12.1. The van der Waals surface area contributed by atoms with Crippen LogP contribution in [0.4, 0.5) is 32.3 Å². The molecule has 11 nitrogen and oxygen atoms in total. The van der Waals surface area contributed by atoms with Crippen molar-refractivity contribution >= 4 is 57.5 Å². The number of carbonyl (C=O) groups excluding carboxylic acids is 4. The van der Waals surface area contributed by atoms with Gasteiger partial charge in [-0.05, 0) is 125 Å². The van der Waals surface area contributed by atoms with Gasteiger partial charge in [-0.15, -0.1) is 0 Å². The molecule has 0 saturated carbocycles. The zero-order valence-corrected chi connectivity index (χ0v) is 28.9. The maximum atomic E-state index is 12.5. The van der Waals surface area contributed by atoms with E-state index in [9.17, 15) is 19.2 Å². The van der Waals surface area contributed by atoms with Crippen molar-refractivity contribution in [2.24, 2.45) is 0 Å². The number of benzene rings is 4. The molecule has 0 saturated heterocycles. The molecule has 50 heavy (non-hydrogen) atoms. The van der Waals surface area contributed by atoms with Crippen molar-refractivity contribution in [3.05, 3.63) is 127 Å². The van der Waals surface area contributed by atoms with Crippen LogP contribution in [0.1, 0.15) is 62.3 Å². The van der Waals surface area contributed by atoms with Crippen molar-refractivity contribution in [1.82, 2.24) is 4.98 Å². The van der Waals surface area contributed by atoms with E-state index >= 15 is 0 Å². The lowest BCUT2D eigenvalue weighted by atomic mass is 10.1. The van der Waals surface area contributed by atoms with E-state index < -0.39 is 23.4 Å². The molecule has 0 fully saturated rings. The number of amides is 4. The van der Waals surface area contributed by atoms with Crippen molar-refractivity contribution in [3.8, 4) is 0 Å². The number of fused-ring (bicyclic) bond motifs is 1. The molecule has 4 N–H and O–H groups in total. The number of carbonyl (C=O) groups is 4. The van der Waals surface area contributed by atoms with Crippen molar-refractivity contribution in [2.75, 3.05) is 21.3 Å². The Balaban J connectivity index is 0.000000228. The average Bonchev–Trinajstić information content (AvgIpc) is 3.05. The average molecular weight is 676 g/mol. The molecule has 258 valence electrons. The van der Waals surface area contributed by atoms with Crippen LogP contribution in [-0.2, 0) is 9.47 Å². The van der Waals surface area contributed by atoms with Crippen molar-refractivity contribution in [2.45, 2.75) is 52.7 Å². The van der Waals surface area contributed by atoms with Crippen LogP contribution in [0, 0.1) is 0 Å².